The number of carbonyl (C=O) groups excluding carboxylic acids is 2. The Kier molecular flexibility index (Phi) is 11.7. The lowest BCUT2D eigenvalue weighted by atomic mass is 9.90. The summed E-state index contributed by atoms with van der Waals surface area (Å²) >= 11 is 0. The number of fused-ring (bicyclic) bond motifs is 3. The van der Waals surface area contributed by atoms with Crippen molar-refractivity contribution in [3.05, 3.63) is 112 Å². The van der Waals surface area contributed by atoms with Crippen LogP contribution >= 0.6 is 0 Å². The Balaban J connectivity index is 0.919. The van der Waals surface area contributed by atoms with E-state index in [0.29, 0.717) is 78.2 Å². The first-order valence-corrected chi connectivity index (χ1v) is 22.4. The van der Waals surface area contributed by atoms with E-state index in [4.69, 9.17) is 4.98 Å². The number of hydrogen-bond acceptors (Lipinski definition) is 11. The van der Waals surface area contributed by atoms with Crippen molar-refractivity contribution in [3.63, 3.8) is 0 Å². The highest BCUT2D eigenvalue weighted by atomic mass is 19.4. The maximum Gasteiger partial charge on any atom is 0.433 e. The molecule has 1 aromatic carbocycles. The molecule has 4 aromatic heterocycles. The van der Waals surface area contributed by atoms with Crippen molar-refractivity contribution in [2.45, 2.75) is 77.9 Å². The minimum absolute atomic E-state index is 0.00665. The van der Waals surface area contributed by atoms with Gasteiger partial charge in [-0.3, -0.25) is 24.2 Å². The second-order valence-electron chi connectivity index (χ2n) is 18.5. The highest BCUT2D eigenvalue weighted by molar-refractivity contribution is 6.06. The van der Waals surface area contributed by atoms with Crippen LogP contribution in [0.2, 0.25) is 0 Å². The molecule has 0 bridgehead atoms. The number of aromatic nitrogens is 5. The zero-order valence-corrected chi connectivity index (χ0v) is 37.5. The van der Waals surface area contributed by atoms with E-state index in [1.54, 1.807) is 42.5 Å². The molecular weight excluding hydrogens is 852 g/mol. The van der Waals surface area contributed by atoms with Gasteiger partial charge in [0.25, 0.3) is 11.5 Å². The van der Waals surface area contributed by atoms with Gasteiger partial charge in [0.15, 0.2) is 5.82 Å². The number of anilines is 6. The summed E-state index contributed by atoms with van der Waals surface area (Å²) in [5.41, 5.74) is 4.95. The molecule has 0 unspecified atom stereocenters. The number of rotatable bonds is 10. The third kappa shape index (κ3) is 8.54. The number of pyridine rings is 2. The molecule has 5 aromatic rings. The van der Waals surface area contributed by atoms with Crippen LogP contribution in [0.25, 0.3) is 11.3 Å². The summed E-state index contributed by atoms with van der Waals surface area (Å²) in [6.45, 7) is 14.1. The number of carbonyl (C=O) groups is 2. The zero-order valence-electron chi connectivity index (χ0n) is 37.5. The van der Waals surface area contributed by atoms with Gasteiger partial charge in [-0.05, 0) is 92.1 Å². The van der Waals surface area contributed by atoms with Crippen molar-refractivity contribution in [3.8, 4) is 11.3 Å². The van der Waals surface area contributed by atoms with Crippen LogP contribution in [0.1, 0.15) is 66.6 Å². The Morgan fingerprint density at radius 3 is 2.52 bits per heavy atom. The smallest absolute Gasteiger partial charge is 0.392 e. The summed E-state index contributed by atoms with van der Waals surface area (Å²) in [4.78, 5) is 61.9. The third-order valence-corrected chi connectivity index (χ3v) is 13.4. The topological polar surface area (TPSA) is 157 Å². The molecule has 1 aliphatic carbocycles. The number of hydrogen-bond donors (Lipinski definition) is 3. The molecule has 0 saturated carbocycles. The number of amides is 2. The highest BCUT2D eigenvalue weighted by Crippen LogP contribution is 2.41. The predicted octanol–water partition coefficient (Wildman–Crippen LogP) is 6.38. The van der Waals surface area contributed by atoms with Gasteiger partial charge in [0.1, 0.15) is 23.0 Å². The van der Waals surface area contributed by atoms with Gasteiger partial charge in [0.2, 0.25) is 5.91 Å². The minimum atomic E-state index is -4.50. The quantitative estimate of drug-likeness (QED) is 0.134. The molecule has 2 fully saturated rings. The van der Waals surface area contributed by atoms with E-state index < -0.39 is 29.9 Å². The normalized spacial score (nSPS) is 18.9. The largest absolute Gasteiger partial charge is 0.433 e. The third-order valence-electron chi connectivity index (χ3n) is 13.4. The monoisotopic (exact) mass is 905 g/mol. The number of aliphatic hydroxyl groups excluding tert-OH is 1. The number of piperidine rings is 1. The van der Waals surface area contributed by atoms with E-state index in [1.807, 2.05) is 23.1 Å². The SMILES string of the molecule is C=CC(=O)Nc1cc(Nc2nc(-c3ccnc(N4CCn5c(cc6c5CC(C)(C)C6)C4=O)c3CO)cn(C)c2=O)ccc1N1CCN(C2CCN(c3cccc(C(F)(F)F)n3)CC2)C[C@@H]1C. The molecule has 3 aliphatic heterocycles. The van der Waals surface area contributed by atoms with Gasteiger partial charge in [-0.1, -0.05) is 26.5 Å². The van der Waals surface area contributed by atoms with Crippen LogP contribution < -0.4 is 30.9 Å². The van der Waals surface area contributed by atoms with Crippen LogP contribution in [-0.2, 0) is 44.0 Å². The van der Waals surface area contributed by atoms with E-state index in [0.717, 1.165) is 50.5 Å². The number of benzene rings is 1. The molecular formula is C48H54F3N11O4. The number of nitrogens with zero attached hydrogens (tertiary/aromatic N) is 9. The molecule has 4 aliphatic rings. The molecule has 3 N–H and O–H groups in total. The number of aliphatic hydroxyl groups is 1. The van der Waals surface area contributed by atoms with Crippen molar-refractivity contribution in [2.75, 3.05) is 64.6 Å². The predicted molar refractivity (Wildman–Crippen MR) is 247 cm³/mol. The maximum absolute atomic E-state index is 14.0. The molecule has 18 heteroatoms. The lowest BCUT2D eigenvalue weighted by molar-refractivity contribution is -0.141. The Labute approximate surface area is 380 Å². The van der Waals surface area contributed by atoms with Crippen molar-refractivity contribution in [1.29, 1.82) is 0 Å². The van der Waals surface area contributed by atoms with Crippen molar-refractivity contribution in [2.24, 2.45) is 12.5 Å². The van der Waals surface area contributed by atoms with Gasteiger partial charge in [-0.15, -0.1) is 0 Å². The molecule has 346 valence electrons. The number of alkyl halides is 3. The summed E-state index contributed by atoms with van der Waals surface area (Å²) in [6, 6.07) is 13.5. The molecule has 0 spiro atoms. The van der Waals surface area contributed by atoms with Crippen molar-refractivity contribution >= 4 is 46.3 Å². The van der Waals surface area contributed by atoms with Gasteiger partial charge in [-0.25, -0.2) is 15.0 Å². The molecule has 2 amide bonds. The average Bonchev–Trinajstić information content (AvgIpc) is 3.79. The molecule has 2 saturated heterocycles. The summed E-state index contributed by atoms with van der Waals surface area (Å²) in [5.74, 6) is 0.0916. The Morgan fingerprint density at radius 2 is 1.79 bits per heavy atom. The summed E-state index contributed by atoms with van der Waals surface area (Å²) in [6.07, 6.45) is 3.25. The van der Waals surface area contributed by atoms with Crippen LogP contribution in [0.4, 0.5) is 47.7 Å². The van der Waals surface area contributed by atoms with Gasteiger partial charge >= 0.3 is 6.18 Å². The van der Waals surface area contributed by atoms with E-state index in [1.165, 1.54) is 28.0 Å². The second-order valence-corrected chi connectivity index (χ2v) is 18.5. The Hall–Kier alpha value is -6.53. The van der Waals surface area contributed by atoms with E-state index in [9.17, 15) is 32.7 Å². The first kappa shape index (κ1) is 44.7. The van der Waals surface area contributed by atoms with Crippen LogP contribution in [0.15, 0.2) is 78.4 Å². The number of nitrogens with one attached hydrogen (secondary N) is 2. The number of aryl methyl sites for hydroxylation is 1. The lowest BCUT2D eigenvalue weighted by Crippen LogP contribution is -2.57. The minimum Gasteiger partial charge on any atom is -0.392 e. The van der Waals surface area contributed by atoms with Crippen LogP contribution in [-0.4, -0.2) is 97.3 Å². The van der Waals surface area contributed by atoms with E-state index in [-0.39, 0.29) is 29.2 Å². The average molecular weight is 906 g/mol. The van der Waals surface area contributed by atoms with Gasteiger partial charge in [-0.2, -0.15) is 13.2 Å². The standard InChI is InChI=1S/C48H54F3N11O4/c1-6-42(64)54-35-23-31(10-11-37(35)60-19-18-59(26-29(60)2)32-13-16-58(17-14-32)41-9-7-8-40(56-41)48(49,50)51)53-43-46(66)57(5)27-36(55-43)33-12-15-52-44(34(33)28-63)62-21-20-61-38(45(62)65)22-30-24-47(3,4)25-39(30)61/h6-12,15,22-23,27,29,32,63H,1,13-14,16-21,24-26,28H2,2-5H3,(H,53,55)(H,54,64)/t29-/m0/s1. The Morgan fingerprint density at radius 1 is 1.00 bits per heavy atom. The van der Waals surface area contributed by atoms with Crippen LogP contribution in [0.3, 0.4) is 0 Å². The zero-order chi connectivity index (χ0) is 46.7. The van der Waals surface area contributed by atoms with Crippen molar-refractivity contribution < 1.29 is 27.9 Å². The van der Waals surface area contributed by atoms with Crippen LogP contribution in [0.5, 0.6) is 0 Å². The molecule has 9 rings (SSSR count). The van der Waals surface area contributed by atoms with E-state index >= 15 is 0 Å². The second kappa shape index (κ2) is 17.4. The highest BCUT2D eigenvalue weighted by Gasteiger charge is 2.38. The lowest BCUT2D eigenvalue weighted by Gasteiger charge is -2.47. The van der Waals surface area contributed by atoms with Gasteiger partial charge in [0, 0.05) is 99.8 Å². The summed E-state index contributed by atoms with van der Waals surface area (Å²) < 4.78 is 43.5. The first-order chi connectivity index (χ1) is 31.5. The Bertz CT molecular complexity index is 2780. The van der Waals surface area contributed by atoms with Gasteiger partial charge in [0.05, 0.1) is 23.7 Å². The molecule has 15 nitrogen and oxygen atoms in total. The maximum atomic E-state index is 14.0. The fraction of sp³-hybridized carbons (Fsp3) is 0.417. The van der Waals surface area contributed by atoms with Crippen LogP contribution in [0, 0.1) is 5.41 Å². The molecule has 1 atom stereocenters. The summed E-state index contributed by atoms with van der Waals surface area (Å²) in [7, 11) is 1.61. The first-order valence-electron chi connectivity index (χ1n) is 22.4. The summed E-state index contributed by atoms with van der Waals surface area (Å²) in [5, 5.41) is 16.9. The number of piperazine rings is 1. The fourth-order valence-electron chi connectivity index (χ4n) is 10.2. The molecule has 0 radical (unpaired) electrons. The molecule has 66 heavy (non-hydrogen) atoms. The number of halogens is 3. The van der Waals surface area contributed by atoms with E-state index in [2.05, 4.69) is 62.3 Å². The van der Waals surface area contributed by atoms with Crippen molar-refractivity contribution in [1.82, 2.24) is 29.0 Å². The van der Waals surface area contributed by atoms with Gasteiger partial charge < -0.3 is 34.7 Å². The molecule has 7 heterocycles. The fourth-order valence-corrected chi connectivity index (χ4v) is 10.2.